The molecule has 4 aromatic rings. The molecule has 0 aliphatic carbocycles. The van der Waals surface area contributed by atoms with Crippen LogP contribution in [-0.2, 0) is 6.54 Å². The van der Waals surface area contributed by atoms with Crippen LogP contribution in [-0.4, -0.2) is 34.2 Å². The summed E-state index contributed by atoms with van der Waals surface area (Å²) in [5.74, 6) is 0.479. The van der Waals surface area contributed by atoms with Gasteiger partial charge in [-0.1, -0.05) is 18.2 Å². The zero-order chi connectivity index (χ0) is 24.8. The topological polar surface area (TPSA) is 154 Å². The van der Waals surface area contributed by atoms with Crippen LogP contribution in [0.15, 0.2) is 72.8 Å². The lowest BCUT2D eigenvalue weighted by atomic mass is 10.2. The van der Waals surface area contributed by atoms with E-state index in [1.807, 2.05) is 0 Å². The number of hydrogen-bond donors (Lipinski definition) is 6. The number of amides is 2. The third-order valence-electron chi connectivity index (χ3n) is 5.15. The van der Waals surface area contributed by atoms with Gasteiger partial charge in [-0.3, -0.25) is 14.7 Å². The van der Waals surface area contributed by atoms with Crippen LogP contribution in [0.1, 0.15) is 26.3 Å². The van der Waals surface area contributed by atoms with Crippen LogP contribution in [0, 0.1) is 0 Å². The number of H-pyrrole nitrogens is 1. The number of benzene rings is 3. The van der Waals surface area contributed by atoms with Crippen LogP contribution in [0.4, 0.5) is 23.0 Å². The van der Waals surface area contributed by atoms with Crippen molar-refractivity contribution < 1.29 is 19.4 Å². The number of hydrogen-bond acceptors (Lipinski definition) is 7. The lowest BCUT2D eigenvalue weighted by molar-refractivity contribution is 0.0999. The molecule has 1 aromatic heterocycles. The minimum atomic E-state index is -0.656. The van der Waals surface area contributed by atoms with Gasteiger partial charge in [-0.05, 0) is 60.2 Å². The number of aromatic amines is 1. The standard InChI is InChI=1S/C25H24N6O4/c1-35-20-4-2-3-16(13-20)25(34)29-18-9-7-17(8-10-18)28-24-21(22(26)33)23(30-31-24)27-14-15-5-11-19(32)12-6-15/h2-13,32H,14H2,1H3,(H2,26,33)(H,29,34)(H3,27,28,30,31). The van der Waals surface area contributed by atoms with Gasteiger partial charge < -0.3 is 31.5 Å². The number of nitrogens with two attached hydrogens (primary N) is 1. The molecule has 7 N–H and O–H groups in total. The summed E-state index contributed by atoms with van der Waals surface area (Å²) in [7, 11) is 1.54. The van der Waals surface area contributed by atoms with E-state index in [1.54, 1.807) is 79.9 Å². The summed E-state index contributed by atoms with van der Waals surface area (Å²) in [4.78, 5) is 24.6. The van der Waals surface area contributed by atoms with Gasteiger partial charge in [-0.15, -0.1) is 0 Å². The Balaban J connectivity index is 1.42. The maximum Gasteiger partial charge on any atom is 0.256 e. The van der Waals surface area contributed by atoms with Crippen LogP contribution in [0.3, 0.4) is 0 Å². The first-order valence-corrected chi connectivity index (χ1v) is 10.7. The van der Waals surface area contributed by atoms with Crippen molar-refractivity contribution in [2.45, 2.75) is 6.54 Å². The fraction of sp³-hybridized carbons (Fsp3) is 0.0800. The summed E-state index contributed by atoms with van der Waals surface area (Å²) in [6.07, 6.45) is 0. The number of phenolic OH excluding ortho intramolecular Hbond substituents is 1. The first kappa shape index (κ1) is 23.2. The van der Waals surface area contributed by atoms with Crippen LogP contribution in [0.5, 0.6) is 11.5 Å². The average Bonchev–Trinajstić information content (AvgIpc) is 3.27. The Morgan fingerprint density at radius 2 is 1.74 bits per heavy atom. The van der Waals surface area contributed by atoms with Crippen LogP contribution < -0.4 is 26.4 Å². The van der Waals surface area contributed by atoms with Crippen LogP contribution >= 0.6 is 0 Å². The van der Waals surface area contributed by atoms with Crippen molar-refractivity contribution in [2.24, 2.45) is 5.73 Å². The first-order valence-electron chi connectivity index (χ1n) is 10.7. The Hall–Kier alpha value is -4.99. The predicted molar refractivity (Wildman–Crippen MR) is 133 cm³/mol. The molecule has 0 bridgehead atoms. The minimum Gasteiger partial charge on any atom is -0.508 e. The van der Waals surface area contributed by atoms with Crippen LogP contribution in [0.2, 0.25) is 0 Å². The van der Waals surface area contributed by atoms with E-state index in [0.29, 0.717) is 40.9 Å². The number of primary amides is 1. The smallest absolute Gasteiger partial charge is 0.256 e. The molecule has 0 aliphatic heterocycles. The molecular formula is C25H24N6O4. The van der Waals surface area contributed by atoms with E-state index in [4.69, 9.17) is 10.5 Å². The molecule has 0 fully saturated rings. The van der Waals surface area contributed by atoms with Gasteiger partial charge in [0.25, 0.3) is 11.8 Å². The third-order valence-corrected chi connectivity index (χ3v) is 5.15. The maximum absolute atomic E-state index is 12.5. The number of aromatic nitrogens is 2. The Labute approximate surface area is 201 Å². The fourth-order valence-electron chi connectivity index (χ4n) is 3.35. The number of methoxy groups -OCH3 is 1. The SMILES string of the molecule is COc1cccc(C(=O)Nc2ccc(Nc3[nH]nc(NCc4ccc(O)cc4)c3C(N)=O)cc2)c1. The molecule has 0 saturated carbocycles. The van der Waals surface area contributed by atoms with E-state index in [9.17, 15) is 14.7 Å². The third kappa shape index (κ3) is 5.69. The lowest BCUT2D eigenvalue weighted by Gasteiger charge is -2.09. The summed E-state index contributed by atoms with van der Waals surface area (Å²) in [5.41, 5.74) is 8.38. The number of ether oxygens (including phenoxy) is 1. The normalized spacial score (nSPS) is 10.4. The van der Waals surface area contributed by atoms with Gasteiger partial charge in [-0.25, -0.2) is 0 Å². The summed E-state index contributed by atoms with van der Waals surface area (Å²) in [6, 6.07) is 20.5. The lowest BCUT2D eigenvalue weighted by Crippen LogP contribution is -2.15. The highest BCUT2D eigenvalue weighted by atomic mass is 16.5. The van der Waals surface area contributed by atoms with Crippen LogP contribution in [0.25, 0.3) is 0 Å². The molecule has 0 radical (unpaired) electrons. The number of carbonyl (C=O) groups excluding carboxylic acids is 2. The van der Waals surface area contributed by atoms with E-state index < -0.39 is 5.91 Å². The van der Waals surface area contributed by atoms with Gasteiger partial charge in [0, 0.05) is 23.5 Å². The van der Waals surface area contributed by atoms with Gasteiger partial charge in [0.2, 0.25) is 0 Å². The van der Waals surface area contributed by atoms with Crippen molar-refractivity contribution in [2.75, 3.05) is 23.1 Å². The van der Waals surface area contributed by atoms with Crippen molar-refractivity contribution in [1.82, 2.24) is 10.2 Å². The number of aromatic hydroxyl groups is 1. The van der Waals surface area contributed by atoms with Crippen molar-refractivity contribution in [1.29, 1.82) is 0 Å². The monoisotopic (exact) mass is 472 g/mol. The second kappa shape index (κ2) is 10.3. The largest absolute Gasteiger partial charge is 0.508 e. The van der Waals surface area contributed by atoms with Gasteiger partial charge in [-0.2, -0.15) is 5.10 Å². The number of anilines is 4. The molecule has 1 heterocycles. The molecule has 35 heavy (non-hydrogen) atoms. The van der Waals surface area contributed by atoms with Gasteiger partial charge >= 0.3 is 0 Å². The molecule has 10 heteroatoms. The van der Waals surface area contributed by atoms with Crippen molar-refractivity contribution in [3.63, 3.8) is 0 Å². The number of carbonyl (C=O) groups is 2. The molecule has 0 atom stereocenters. The summed E-state index contributed by atoms with van der Waals surface area (Å²) in [6.45, 7) is 0.381. The molecule has 0 unspecified atom stereocenters. The molecular weight excluding hydrogens is 448 g/mol. The molecule has 4 rings (SSSR count). The quantitative estimate of drug-likeness (QED) is 0.216. The fourth-order valence-corrected chi connectivity index (χ4v) is 3.35. The highest BCUT2D eigenvalue weighted by molar-refractivity contribution is 6.05. The van der Waals surface area contributed by atoms with Crippen molar-refractivity contribution >= 4 is 34.8 Å². The van der Waals surface area contributed by atoms with E-state index in [1.165, 1.54) is 0 Å². The van der Waals surface area contributed by atoms with Crippen molar-refractivity contribution in [3.05, 3.63) is 89.5 Å². The van der Waals surface area contributed by atoms with E-state index in [-0.39, 0.29) is 17.2 Å². The second-order valence-electron chi connectivity index (χ2n) is 7.59. The van der Waals surface area contributed by atoms with Gasteiger partial charge in [0.1, 0.15) is 22.9 Å². The molecule has 0 aliphatic rings. The first-order chi connectivity index (χ1) is 16.9. The predicted octanol–water partition coefficient (Wildman–Crippen LogP) is 3.83. The molecule has 10 nitrogen and oxygen atoms in total. The molecule has 178 valence electrons. The summed E-state index contributed by atoms with van der Waals surface area (Å²) < 4.78 is 5.15. The zero-order valence-corrected chi connectivity index (χ0v) is 18.8. The van der Waals surface area contributed by atoms with Crippen molar-refractivity contribution in [3.8, 4) is 11.5 Å². The molecule has 3 aromatic carbocycles. The zero-order valence-electron chi connectivity index (χ0n) is 18.8. The Bertz CT molecular complexity index is 1330. The number of nitrogens with zero attached hydrogens (tertiary/aromatic N) is 1. The van der Waals surface area contributed by atoms with Gasteiger partial charge in [0.05, 0.1) is 7.11 Å². The Morgan fingerprint density at radius 3 is 2.43 bits per heavy atom. The highest BCUT2D eigenvalue weighted by Crippen LogP contribution is 2.26. The number of phenols is 1. The molecule has 2 amide bonds. The Kier molecular flexibility index (Phi) is 6.82. The summed E-state index contributed by atoms with van der Waals surface area (Å²) in [5, 5.41) is 25.3. The van der Waals surface area contributed by atoms with Gasteiger partial charge in [0.15, 0.2) is 5.82 Å². The summed E-state index contributed by atoms with van der Waals surface area (Å²) >= 11 is 0. The average molecular weight is 473 g/mol. The Morgan fingerprint density at radius 1 is 1.03 bits per heavy atom. The second-order valence-corrected chi connectivity index (χ2v) is 7.59. The van der Waals surface area contributed by atoms with E-state index in [2.05, 4.69) is 26.1 Å². The van der Waals surface area contributed by atoms with E-state index >= 15 is 0 Å². The number of rotatable bonds is 9. The maximum atomic E-state index is 12.5. The highest BCUT2D eigenvalue weighted by Gasteiger charge is 2.18. The number of nitrogens with one attached hydrogen (secondary N) is 4. The minimum absolute atomic E-state index is 0.170. The molecule has 0 spiro atoms. The molecule has 0 saturated heterocycles. The van der Waals surface area contributed by atoms with E-state index in [0.717, 1.165) is 5.56 Å².